The number of ether oxygens (including phenoxy) is 1. The molecule has 0 spiro atoms. The lowest BCUT2D eigenvalue weighted by atomic mass is 9.93. The van der Waals surface area contributed by atoms with Crippen molar-refractivity contribution in [2.75, 3.05) is 13.2 Å². The van der Waals surface area contributed by atoms with Crippen molar-refractivity contribution in [3.63, 3.8) is 0 Å². The normalized spacial score (nSPS) is 21.2. The zero-order valence-corrected chi connectivity index (χ0v) is 11.7. The molecule has 2 fully saturated rings. The van der Waals surface area contributed by atoms with Gasteiger partial charge in [-0.15, -0.1) is 0 Å². The Labute approximate surface area is 117 Å². The molecule has 1 aliphatic heterocycles. The summed E-state index contributed by atoms with van der Waals surface area (Å²) in [6.07, 6.45) is 1.80. The van der Waals surface area contributed by atoms with E-state index in [9.17, 15) is 13.2 Å². The molecule has 5 nitrogen and oxygen atoms in total. The zero-order valence-electron chi connectivity index (χ0n) is 10.9. The van der Waals surface area contributed by atoms with E-state index in [0.29, 0.717) is 4.90 Å². The van der Waals surface area contributed by atoms with Crippen molar-refractivity contribution < 1.29 is 23.1 Å². The highest BCUT2D eigenvalue weighted by Gasteiger charge is 2.46. The molecule has 2 aliphatic rings. The maximum atomic E-state index is 12.2. The topological polar surface area (TPSA) is 80.7 Å². The Kier molecular flexibility index (Phi) is 3.10. The van der Waals surface area contributed by atoms with Crippen LogP contribution in [0.2, 0.25) is 0 Å². The van der Waals surface area contributed by atoms with Crippen LogP contribution < -0.4 is 0 Å². The van der Waals surface area contributed by atoms with Crippen molar-refractivity contribution in [3.8, 4) is 0 Å². The van der Waals surface area contributed by atoms with E-state index < -0.39 is 21.1 Å². The van der Waals surface area contributed by atoms with E-state index in [1.54, 1.807) is 24.3 Å². The van der Waals surface area contributed by atoms with E-state index in [-0.39, 0.29) is 25.0 Å². The summed E-state index contributed by atoms with van der Waals surface area (Å²) in [6, 6.07) is 6.68. The molecule has 0 unspecified atom stereocenters. The van der Waals surface area contributed by atoms with Crippen LogP contribution in [0.1, 0.15) is 24.8 Å². The smallest absolute Gasteiger partial charge is 0.304 e. The van der Waals surface area contributed by atoms with Gasteiger partial charge in [-0.1, -0.05) is 12.1 Å². The number of carboxylic acids is 1. The van der Waals surface area contributed by atoms with Crippen LogP contribution in [0.4, 0.5) is 0 Å². The van der Waals surface area contributed by atoms with E-state index in [1.165, 1.54) is 0 Å². The lowest BCUT2D eigenvalue weighted by molar-refractivity contribution is -0.137. The van der Waals surface area contributed by atoms with E-state index in [2.05, 4.69) is 0 Å². The van der Waals surface area contributed by atoms with Crippen LogP contribution in [0, 0.1) is 0 Å². The second-order valence-electron chi connectivity index (χ2n) is 5.58. The van der Waals surface area contributed by atoms with Gasteiger partial charge >= 0.3 is 5.97 Å². The van der Waals surface area contributed by atoms with Gasteiger partial charge in [0, 0.05) is 5.41 Å². The van der Waals surface area contributed by atoms with Crippen molar-refractivity contribution in [1.82, 2.24) is 0 Å². The summed E-state index contributed by atoms with van der Waals surface area (Å²) in [5, 5.41) is 8.49. The monoisotopic (exact) mass is 296 g/mol. The van der Waals surface area contributed by atoms with E-state index in [0.717, 1.165) is 18.4 Å². The first kappa shape index (κ1) is 13.6. The van der Waals surface area contributed by atoms with Crippen molar-refractivity contribution in [1.29, 1.82) is 0 Å². The minimum Gasteiger partial charge on any atom is -0.481 e. The summed E-state index contributed by atoms with van der Waals surface area (Å²) in [4.78, 5) is 11.2. The highest BCUT2D eigenvalue weighted by atomic mass is 32.2. The summed E-state index contributed by atoms with van der Waals surface area (Å²) < 4.78 is 29.3. The van der Waals surface area contributed by atoms with Crippen LogP contribution in [0.15, 0.2) is 29.2 Å². The second kappa shape index (κ2) is 4.56. The quantitative estimate of drug-likeness (QED) is 0.887. The maximum Gasteiger partial charge on any atom is 0.304 e. The lowest BCUT2D eigenvalue weighted by Gasteiger charge is -2.25. The number of hydrogen-bond acceptors (Lipinski definition) is 4. The molecule has 3 rings (SSSR count). The van der Waals surface area contributed by atoms with Crippen molar-refractivity contribution in [3.05, 3.63) is 29.8 Å². The molecule has 1 heterocycles. The molecule has 1 aliphatic carbocycles. The molecule has 1 aromatic carbocycles. The number of carbonyl (C=O) groups is 1. The first-order valence-electron chi connectivity index (χ1n) is 6.58. The summed E-state index contributed by atoms with van der Waals surface area (Å²) in [5.74, 6) is -0.814. The molecule has 1 saturated heterocycles. The highest BCUT2D eigenvalue weighted by Crippen LogP contribution is 2.51. The van der Waals surface area contributed by atoms with Gasteiger partial charge < -0.3 is 9.84 Å². The number of benzene rings is 1. The molecule has 6 heteroatoms. The van der Waals surface area contributed by atoms with Gasteiger partial charge in [0.05, 0.1) is 24.5 Å². The molecule has 0 amide bonds. The average molecular weight is 296 g/mol. The first-order valence-corrected chi connectivity index (χ1v) is 8.13. The van der Waals surface area contributed by atoms with Crippen molar-refractivity contribution in [2.45, 2.75) is 34.8 Å². The number of sulfone groups is 1. The van der Waals surface area contributed by atoms with Gasteiger partial charge in [0.1, 0.15) is 5.25 Å². The first-order chi connectivity index (χ1) is 9.44. The molecule has 20 heavy (non-hydrogen) atoms. The average Bonchev–Trinajstić information content (AvgIpc) is 3.06. The molecular weight excluding hydrogens is 280 g/mol. The standard InChI is InChI=1S/C14H16O5S/c15-13(16)7-14(5-6-14)10-1-3-11(4-2-10)20(17,18)12-8-19-9-12/h1-4,12H,5-9H2,(H,15,16). The molecule has 0 radical (unpaired) electrons. The predicted octanol–water partition coefficient (Wildman–Crippen LogP) is 1.37. The van der Waals surface area contributed by atoms with Gasteiger partial charge in [0.25, 0.3) is 0 Å². The predicted molar refractivity (Wildman–Crippen MR) is 71.4 cm³/mol. The molecule has 0 atom stereocenters. The Morgan fingerprint density at radius 2 is 1.85 bits per heavy atom. The molecule has 108 valence electrons. The zero-order chi connectivity index (χ0) is 14.4. The van der Waals surface area contributed by atoms with Gasteiger partial charge in [-0.2, -0.15) is 0 Å². The minimum atomic E-state index is -3.31. The van der Waals surface area contributed by atoms with Crippen molar-refractivity contribution >= 4 is 15.8 Å². The Morgan fingerprint density at radius 1 is 1.25 bits per heavy atom. The lowest BCUT2D eigenvalue weighted by Crippen LogP contribution is -2.40. The molecule has 1 saturated carbocycles. The number of rotatable bonds is 5. The van der Waals surface area contributed by atoms with E-state index >= 15 is 0 Å². The van der Waals surface area contributed by atoms with E-state index in [1.807, 2.05) is 0 Å². The van der Waals surface area contributed by atoms with Gasteiger partial charge in [-0.3, -0.25) is 4.79 Å². The maximum absolute atomic E-state index is 12.2. The summed E-state index contributed by atoms with van der Waals surface area (Å²) >= 11 is 0. The van der Waals surface area contributed by atoms with E-state index in [4.69, 9.17) is 9.84 Å². The number of carboxylic acid groups (broad SMARTS) is 1. The molecule has 1 N–H and O–H groups in total. The van der Waals surface area contributed by atoms with Crippen LogP contribution in [0.25, 0.3) is 0 Å². The molecular formula is C14H16O5S. The molecule has 0 bridgehead atoms. The Balaban J connectivity index is 1.83. The highest BCUT2D eigenvalue weighted by molar-refractivity contribution is 7.92. The Bertz CT molecular complexity index is 624. The fourth-order valence-electron chi connectivity index (χ4n) is 2.59. The van der Waals surface area contributed by atoms with Gasteiger partial charge in [0.2, 0.25) is 0 Å². The van der Waals surface area contributed by atoms with Gasteiger partial charge in [-0.05, 0) is 30.5 Å². The van der Waals surface area contributed by atoms with Crippen LogP contribution in [-0.4, -0.2) is 38.0 Å². The fraction of sp³-hybridized carbons (Fsp3) is 0.500. The Hall–Kier alpha value is -1.40. The van der Waals surface area contributed by atoms with Crippen LogP contribution in [-0.2, 0) is 24.8 Å². The SMILES string of the molecule is O=C(O)CC1(c2ccc(S(=O)(=O)C3COC3)cc2)CC1. The third kappa shape index (κ3) is 2.23. The summed E-state index contributed by atoms with van der Waals surface area (Å²) in [6.45, 7) is 0.514. The third-order valence-corrected chi connectivity index (χ3v) is 6.26. The summed E-state index contributed by atoms with van der Waals surface area (Å²) in [5.41, 5.74) is 0.636. The molecule has 1 aromatic rings. The van der Waals surface area contributed by atoms with Gasteiger partial charge in [0.15, 0.2) is 9.84 Å². The van der Waals surface area contributed by atoms with Crippen LogP contribution >= 0.6 is 0 Å². The van der Waals surface area contributed by atoms with Crippen molar-refractivity contribution in [2.24, 2.45) is 0 Å². The van der Waals surface area contributed by atoms with Crippen LogP contribution in [0.5, 0.6) is 0 Å². The third-order valence-electron chi connectivity index (χ3n) is 4.18. The van der Waals surface area contributed by atoms with Crippen LogP contribution in [0.3, 0.4) is 0 Å². The summed E-state index contributed by atoms with van der Waals surface area (Å²) in [7, 11) is -3.31. The second-order valence-corrected chi connectivity index (χ2v) is 7.81. The molecule has 0 aromatic heterocycles. The minimum absolute atomic E-state index is 0.107. The number of hydrogen-bond donors (Lipinski definition) is 1. The number of aliphatic carboxylic acids is 1. The van der Waals surface area contributed by atoms with Gasteiger partial charge in [-0.25, -0.2) is 8.42 Å². The Morgan fingerprint density at radius 3 is 2.25 bits per heavy atom. The fourth-order valence-corrected chi connectivity index (χ4v) is 4.04. The largest absolute Gasteiger partial charge is 0.481 e.